The minimum absolute atomic E-state index is 0.447. The number of hydrogen-bond acceptors (Lipinski definition) is 4. The fraction of sp³-hybridized carbons (Fsp3) is 0. The number of carbonyl (C=O) groups excluding carboxylic acids is 2. The Labute approximate surface area is 94.6 Å². The molecule has 1 rings (SSSR count). The second-order valence-electron chi connectivity index (χ2n) is 2.59. The summed E-state index contributed by atoms with van der Waals surface area (Å²) in [6.07, 6.45) is 1.48. The van der Waals surface area contributed by atoms with Crippen molar-refractivity contribution in [2.24, 2.45) is 0 Å². The Hall–Kier alpha value is -2.15. The molecule has 6 nitrogen and oxygen atoms in total. The number of thiophene rings is 1. The molecule has 1 aromatic heterocycles. The van der Waals surface area contributed by atoms with E-state index in [2.05, 4.69) is 5.43 Å². The third-order valence-electron chi connectivity index (χ3n) is 1.42. The van der Waals surface area contributed by atoms with E-state index in [0.717, 1.165) is 6.08 Å². The zero-order valence-electron chi connectivity index (χ0n) is 7.97. The van der Waals surface area contributed by atoms with E-state index in [4.69, 9.17) is 5.11 Å². The molecule has 1 heterocycles. The second kappa shape index (κ2) is 5.66. The molecule has 0 fully saturated rings. The maximum atomic E-state index is 11.3. The quantitative estimate of drug-likeness (QED) is 0.517. The van der Waals surface area contributed by atoms with Crippen molar-refractivity contribution >= 4 is 29.1 Å². The highest BCUT2D eigenvalue weighted by Gasteiger charge is 2.06. The van der Waals surface area contributed by atoms with Gasteiger partial charge in [0.15, 0.2) is 0 Å². The van der Waals surface area contributed by atoms with Gasteiger partial charge in [-0.25, -0.2) is 4.79 Å². The molecule has 0 aliphatic heterocycles. The first kappa shape index (κ1) is 11.9. The van der Waals surface area contributed by atoms with Gasteiger partial charge in [0.1, 0.15) is 0 Å². The van der Waals surface area contributed by atoms with Gasteiger partial charge in [0.2, 0.25) is 0 Å². The van der Waals surface area contributed by atoms with Crippen LogP contribution in [0.5, 0.6) is 0 Å². The van der Waals surface area contributed by atoms with E-state index >= 15 is 0 Å². The average molecular weight is 240 g/mol. The zero-order chi connectivity index (χ0) is 12.0. The molecule has 0 saturated heterocycles. The van der Waals surface area contributed by atoms with E-state index in [-0.39, 0.29) is 0 Å². The van der Waals surface area contributed by atoms with Gasteiger partial charge < -0.3 is 5.11 Å². The SMILES string of the molecule is O=C(O)/C=C/C(=O)NNC(=O)c1cccs1. The Morgan fingerprint density at radius 2 is 2.00 bits per heavy atom. The van der Waals surface area contributed by atoms with Gasteiger partial charge in [0, 0.05) is 12.2 Å². The van der Waals surface area contributed by atoms with Crippen LogP contribution in [0.4, 0.5) is 0 Å². The number of carboxylic acid groups (broad SMARTS) is 1. The number of carbonyl (C=O) groups is 3. The lowest BCUT2D eigenvalue weighted by molar-refractivity contribution is -0.131. The van der Waals surface area contributed by atoms with Crippen LogP contribution in [0.2, 0.25) is 0 Å². The van der Waals surface area contributed by atoms with E-state index in [9.17, 15) is 14.4 Å². The van der Waals surface area contributed by atoms with Crippen LogP contribution in [0.1, 0.15) is 9.67 Å². The summed E-state index contributed by atoms with van der Waals surface area (Å²) in [7, 11) is 0. The molecule has 0 aliphatic rings. The molecule has 84 valence electrons. The molecule has 7 heteroatoms. The van der Waals surface area contributed by atoms with Crippen LogP contribution < -0.4 is 10.9 Å². The molecule has 0 aromatic carbocycles. The van der Waals surface area contributed by atoms with Crippen molar-refractivity contribution in [1.29, 1.82) is 0 Å². The van der Waals surface area contributed by atoms with Crippen molar-refractivity contribution in [3.05, 3.63) is 34.5 Å². The minimum atomic E-state index is -1.24. The smallest absolute Gasteiger partial charge is 0.328 e. The van der Waals surface area contributed by atoms with E-state index < -0.39 is 17.8 Å². The molecular formula is C9H8N2O4S. The highest BCUT2D eigenvalue weighted by Crippen LogP contribution is 2.06. The van der Waals surface area contributed by atoms with Gasteiger partial charge in [-0.2, -0.15) is 0 Å². The van der Waals surface area contributed by atoms with Gasteiger partial charge >= 0.3 is 5.97 Å². The van der Waals surface area contributed by atoms with Gasteiger partial charge in [0.25, 0.3) is 11.8 Å². The van der Waals surface area contributed by atoms with E-state index in [1.54, 1.807) is 17.5 Å². The van der Waals surface area contributed by atoms with Gasteiger partial charge in [0.05, 0.1) is 4.88 Å². The number of hydrogen-bond donors (Lipinski definition) is 3. The Morgan fingerprint density at radius 3 is 2.56 bits per heavy atom. The number of aliphatic carboxylic acids is 1. The maximum Gasteiger partial charge on any atom is 0.328 e. The van der Waals surface area contributed by atoms with Crippen molar-refractivity contribution < 1.29 is 19.5 Å². The van der Waals surface area contributed by atoms with Crippen molar-refractivity contribution in [3.8, 4) is 0 Å². The highest BCUT2D eigenvalue weighted by molar-refractivity contribution is 7.12. The molecule has 0 radical (unpaired) electrons. The molecule has 0 atom stereocenters. The second-order valence-corrected chi connectivity index (χ2v) is 3.54. The largest absolute Gasteiger partial charge is 0.478 e. The minimum Gasteiger partial charge on any atom is -0.478 e. The van der Waals surface area contributed by atoms with Crippen molar-refractivity contribution in [1.82, 2.24) is 10.9 Å². The maximum absolute atomic E-state index is 11.3. The van der Waals surface area contributed by atoms with Gasteiger partial charge in [-0.05, 0) is 11.4 Å². The molecule has 0 unspecified atom stereocenters. The highest BCUT2D eigenvalue weighted by atomic mass is 32.1. The van der Waals surface area contributed by atoms with Crippen LogP contribution in [0.25, 0.3) is 0 Å². The zero-order valence-corrected chi connectivity index (χ0v) is 8.78. The molecule has 1 aromatic rings. The molecule has 0 aliphatic carbocycles. The summed E-state index contributed by atoms with van der Waals surface area (Å²) >= 11 is 1.23. The normalized spacial score (nSPS) is 10.0. The summed E-state index contributed by atoms with van der Waals surface area (Å²) in [5, 5.41) is 9.96. The first-order chi connectivity index (χ1) is 7.59. The molecule has 0 saturated carbocycles. The third-order valence-corrected chi connectivity index (χ3v) is 2.29. The predicted molar refractivity (Wildman–Crippen MR) is 56.7 cm³/mol. The Balaban J connectivity index is 2.38. The number of hydrazine groups is 1. The third kappa shape index (κ3) is 3.93. The van der Waals surface area contributed by atoms with Crippen LogP contribution in [-0.2, 0) is 9.59 Å². The fourth-order valence-electron chi connectivity index (χ4n) is 0.776. The predicted octanol–water partition coefficient (Wildman–Crippen LogP) is 0.150. The number of amides is 2. The van der Waals surface area contributed by atoms with E-state index in [0.29, 0.717) is 11.0 Å². The lowest BCUT2D eigenvalue weighted by Crippen LogP contribution is -2.40. The van der Waals surface area contributed by atoms with Crippen molar-refractivity contribution in [2.45, 2.75) is 0 Å². The van der Waals surface area contributed by atoms with E-state index in [1.165, 1.54) is 11.3 Å². The van der Waals surface area contributed by atoms with Crippen LogP contribution in [0.3, 0.4) is 0 Å². The lowest BCUT2D eigenvalue weighted by Gasteiger charge is -2.02. The number of nitrogens with one attached hydrogen (secondary N) is 2. The molecule has 0 spiro atoms. The molecule has 0 bridgehead atoms. The van der Waals surface area contributed by atoms with Gasteiger partial charge in [-0.15, -0.1) is 11.3 Å². The summed E-state index contributed by atoms with van der Waals surface area (Å²) in [5.41, 5.74) is 4.18. The molecule has 3 N–H and O–H groups in total. The standard InChI is InChI=1S/C9H8N2O4S/c12-7(3-4-8(13)14)10-11-9(15)6-2-1-5-16-6/h1-5H,(H,10,12)(H,11,15)(H,13,14)/b4-3+. The number of carboxylic acids is 1. The van der Waals surface area contributed by atoms with Crippen LogP contribution >= 0.6 is 11.3 Å². The lowest BCUT2D eigenvalue weighted by atomic mass is 10.4. The molecule has 2 amide bonds. The summed E-state index contributed by atoms with van der Waals surface area (Å²) in [6, 6.07) is 3.30. The fourth-order valence-corrected chi connectivity index (χ4v) is 1.40. The monoisotopic (exact) mass is 240 g/mol. The van der Waals surface area contributed by atoms with Crippen molar-refractivity contribution in [2.75, 3.05) is 0 Å². The summed E-state index contributed by atoms with van der Waals surface area (Å²) in [6.45, 7) is 0. The summed E-state index contributed by atoms with van der Waals surface area (Å²) < 4.78 is 0. The Bertz CT molecular complexity index is 425. The van der Waals surface area contributed by atoms with Crippen LogP contribution in [-0.4, -0.2) is 22.9 Å². The average Bonchev–Trinajstić information content (AvgIpc) is 2.76. The van der Waals surface area contributed by atoms with Crippen molar-refractivity contribution in [3.63, 3.8) is 0 Å². The van der Waals surface area contributed by atoms with Gasteiger partial charge in [-0.1, -0.05) is 6.07 Å². The Morgan fingerprint density at radius 1 is 1.25 bits per heavy atom. The molecule has 16 heavy (non-hydrogen) atoms. The number of rotatable bonds is 3. The Kier molecular flexibility index (Phi) is 4.22. The van der Waals surface area contributed by atoms with E-state index in [1.807, 2.05) is 5.43 Å². The topological polar surface area (TPSA) is 95.5 Å². The van der Waals surface area contributed by atoms with Gasteiger partial charge in [-0.3, -0.25) is 20.4 Å². The van der Waals surface area contributed by atoms with Crippen LogP contribution in [0.15, 0.2) is 29.7 Å². The molecular weight excluding hydrogens is 232 g/mol. The first-order valence-corrected chi connectivity index (χ1v) is 5.02. The van der Waals surface area contributed by atoms with Crippen LogP contribution in [0, 0.1) is 0 Å². The first-order valence-electron chi connectivity index (χ1n) is 4.14. The summed E-state index contributed by atoms with van der Waals surface area (Å²) in [5.74, 6) is -2.40. The summed E-state index contributed by atoms with van der Waals surface area (Å²) in [4.78, 5) is 32.8.